The van der Waals surface area contributed by atoms with Gasteiger partial charge in [0, 0.05) is 15.7 Å². The third-order valence-electron chi connectivity index (χ3n) is 3.80. The van der Waals surface area contributed by atoms with Gasteiger partial charge in [-0.3, -0.25) is 0 Å². The van der Waals surface area contributed by atoms with Gasteiger partial charge in [-0.05, 0) is 47.4 Å². The second-order valence-electron chi connectivity index (χ2n) is 5.20. The zero-order valence-electron chi connectivity index (χ0n) is 10.8. The maximum Gasteiger partial charge on any atom is 0.182 e. The molecule has 1 fully saturated rings. The Balaban J connectivity index is 2.04. The fourth-order valence-corrected chi connectivity index (χ4v) is 3.35. The lowest BCUT2D eigenvalue weighted by atomic mass is 10.1. The monoisotopic (exact) mass is 321 g/mol. The summed E-state index contributed by atoms with van der Waals surface area (Å²) in [5.74, 6) is 1.42. The highest BCUT2D eigenvalue weighted by Crippen LogP contribution is 2.37. The summed E-state index contributed by atoms with van der Waals surface area (Å²) < 4.78 is 2.90. The number of benzene rings is 1. The molecule has 5 nitrogen and oxygen atoms in total. The zero-order chi connectivity index (χ0) is 13.4. The van der Waals surface area contributed by atoms with Crippen LogP contribution in [0.25, 0.3) is 11.4 Å². The summed E-state index contributed by atoms with van der Waals surface area (Å²) >= 11 is 3.46. The highest BCUT2D eigenvalue weighted by molar-refractivity contribution is 9.10. The van der Waals surface area contributed by atoms with Crippen molar-refractivity contribution in [2.45, 2.75) is 32.2 Å². The van der Waals surface area contributed by atoms with Gasteiger partial charge in [0.25, 0.3) is 0 Å². The van der Waals surface area contributed by atoms with Gasteiger partial charge in [0.1, 0.15) is 0 Å². The van der Waals surface area contributed by atoms with E-state index in [1.807, 2.05) is 22.9 Å². The van der Waals surface area contributed by atoms with Crippen LogP contribution in [-0.4, -0.2) is 20.2 Å². The number of tetrazole rings is 1. The van der Waals surface area contributed by atoms with Gasteiger partial charge >= 0.3 is 0 Å². The van der Waals surface area contributed by atoms with Crippen LogP contribution in [0.5, 0.6) is 0 Å². The van der Waals surface area contributed by atoms with Gasteiger partial charge in [0.15, 0.2) is 5.82 Å². The molecule has 1 aromatic heterocycles. The summed E-state index contributed by atoms with van der Waals surface area (Å²) in [4.78, 5) is 0. The summed E-state index contributed by atoms with van der Waals surface area (Å²) in [6.07, 6.45) is 3.62. The van der Waals surface area contributed by atoms with Crippen LogP contribution in [0.4, 0.5) is 5.69 Å². The number of anilines is 1. The van der Waals surface area contributed by atoms with Gasteiger partial charge in [-0.15, -0.1) is 5.10 Å². The molecule has 1 heterocycles. The van der Waals surface area contributed by atoms with E-state index in [1.54, 1.807) is 0 Å². The van der Waals surface area contributed by atoms with Crippen molar-refractivity contribution in [3.63, 3.8) is 0 Å². The van der Waals surface area contributed by atoms with E-state index in [0.29, 0.717) is 17.6 Å². The quantitative estimate of drug-likeness (QED) is 0.863. The van der Waals surface area contributed by atoms with Crippen LogP contribution in [0.3, 0.4) is 0 Å². The molecule has 0 saturated heterocycles. The minimum absolute atomic E-state index is 0.394. The first-order chi connectivity index (χ1) is 9.15. The average molecular weight is 322 g/mol. The molecule has 2 N–H and O–H groups in total. The Kier molecular flexibility index (Phi) is 3.26. The van der Waals surface area contributed by atoms with E-state index in [1.165, 1.54) is 12.8 Å². The molecule has 2 atom stereocenters. The molecule has 2 aromatic rings. The number of rotatable bonds is 2. The SMILES string of the molecule is CC1CCCC1n1nnnc1-c1cc(N)cc(Br)c1. The molecule has 2 unspecified atom stereocenters. The van der Waals surface area contributed by atoms with Crippen LogP contribution < -0.4 is 5.73 Å². The summed E-state index contributed by atoms with van der Waals surface area (Å²) in [5, 5.41) is 12.2. The van der Waals surface area contributed by atoms with Gasteiger partial charge in [0.05, 0.1) is 6.04 Å². The minimum atomic E-state index is 0.394. The molecule has 1 saturated carbocycles. The van der Waals surface area contributed by atoms with Gasteiger partial charge in [-0.1, -0.05) is 29.3 Å². The molecule has 19 heavy (non-hydrogen) atoms. The molecule has 0 aliphatic heterocycles. The first-order valence-electron chi connectivity index (χ1n) is 6.49. The highest BCUT2D eigenvalue weighted by Gasteiger charge is 2.28. The number of halogens is 1. The number of nitrogens with zero attached hydrogens (tertiary/aromatic N) is 4. The average Bonchev–Trinajstić information content (AvgIpc) is 2.95. The number of hydrogen-bond donors (Lipinski definition) is 1. The molecule has 1 aliphatic rings. The molecular weight excluding hydrogens is 306 g/mol. The van der Waals surface area contributed by atoms with Crippen LogP contribution in [0.1, 0.15) is 32.2 Å². The molecule has 100 valence electrons. The lowest BCUT2D eigenvalue weighted by Crippen LogP contribution is -2.14. The van der Waals surface area contributed by atoms with Crippen molar-refractivity contribution in [1.82, 2.24) is 20.2 Å². The molecule has 0 spiro atoms. The molecule has 0 bridgehead atoms. The van der Waals surface area contributed by atoms with Crippen LogP contribution in [0.15, 0.2) is 22.7 Å². The Morgan fingerprint density at radius 1 is 1.32 bits per heavy atom. The Morgan fingerprint density at radius 3 is 2.84 bits per heavy atom. The van der Waals surface area contributed by atoms with E-state index in [2.05, 4.69) is 38.4 Å². The second-order valence-corrected chi connectivity index (χ2v) is 6.11. The summed E-state index contributed by atoms with van der Waals surface area (Å²) in [6.45, 7) is 2.26. The zero-order valence-corrected chi connectivity index (χ0v) is 12.3. The van der Waals surface area contributed by atoms with Gasteiger partial charge in [-0.25, -0.2) is 4.68 Å². The van der Waals surface area contributed by atoms with Crippen molar-refractivity contribution >= 4 is 21.6 Å². The van der Waals surface area contributed by atoms with Crippen molar-refractivity contribution in [3.8, 4) is 11.4 Å². The fourth-order valence-electron chi connectivity index (χ4n) is 2.84. The second kappa shape index (κ2) is 4.92. The maximum atomic E-state index is 5.89. The molecule has 0 amide bonds. The Bertz CT molecular complexity index is 574. The molecule has 3 rings (SSSR count). The smallest absolute Gasteiger partial charge is 0.182 e. The standard InChI is InChI=1S/C13H16BrN5/c1-8-3-2-4-12(8)19-13(16-17-18-19)9-5-10(14)7-11(15)6-9/h5-8,12H,2-4,15H2,1H3. The van der Waals surface area contributed by atoms with E-state index < -0.39 is 0 Å². The Morgan fingerprint density at radius 2 is 2.16 bits per heavy atom. The van der Waals surface area contributed by atoms with Crippen LogP contribution >= 0.6 is 15.9 Å². The van der Waals surface area contributed by atoms with E-state index in [9.17, 15) is 0 Å². The molecular formula is C13H16BrN5. The van der Waals surface area contributed by atoms with Crippen LogP contribution in [-0.2, 0) is 0 Å². The van der Waals surface area contributed by atoms with Crippen molar-refractivity contribution in [3.05, 3.63) is 22.7 Å². The van der Waals surface area contributed by atoms with Crippen molar-refractivity contribution in [2.75, 3.05) is 5.73 Å². The topological polar surface area (TPSA) is 69.6 Å². The van der Waals surface area contributed by atoms with Gasteiger partial charge in [0.2, 0.25) is 0 Å². The fraction of sp³-hybridized carbons (Fsp3) is 0.462. The molecule has 6 heteroatoms. The van der Waals surface area contributed by atoms with Crippen molar-refractivity contribution in [1.29, 1.82) is 0 Å². The number of aromatic nitrogens is 4. The first-order valence-corrected chi connectivity index (χ1v) is 7.29. The molecule has 1 aromatic carbocycles. The Hall–Kier alpha value is -1.43. The third kappa shape index (κ3) is 2.36. The molecule has 1 aliphatic carbocycles. The van der Waals surface area contributed by atoms with Crippen LogP contribution in [0, 0.1) is 5.92 Å². The molecule has 0 radical (unpaired) electrons. The number of hydrogen-bond acceptors (Lipinski definition) is 4. The number of nitrogen functional groups attached to an aromatic ring is 1. The maximum absolute atomic E-state index is 5.89. The summed E-state index contributed by atoms with van der Waals surface area (Å²) in [5.41, 5.74) is 7.55. The summed E-state index contributed by atoms with van der Waals surface area (Å²) in [6, 6.07) is 6.17. The van der Waals surface area contributed by atoms with Crippen molar-refractivity contribution in [2.24, 2.45) is 5.92 Å². The minimum Gasteiger partial charge on any atom is -0.399 e. The van der Waals surface area contributed by atoms with Crippen molar-refractivity contribution < 1.29 is 0 Å². The lowest BCUT2D eigenvalue weighted by Gasteiger charge is -2.16. The Labute approximate surface area is 120 Å². The van der Waals surface area contributed by atoms with E-state index in [4.69, 9.17) is 5.73 Å². The normalized spacial score (nSPS) is 22.8. The summed E-state index contributed by atoms with van der Waals surface area (Å²) in [7, 11) is 0. The van der Waals surface area contributed by atoms with E-state index in [0.717, 1.165) is 22.3 Å². The van der Waals surface area contributed by atoms with E-state index >= 15 is 0 Å². The van der Waals surface area contributed by atoms with Crippen LogP contribution in [0.2, 0.25) is 0 Å². The lowest BCUT2D eigenvalue weighted by molar-refractivity contribution is 0.370. The largest absolute Gasteiger partial charge is 0.399 e. The number of nitrogens with two attached hydrogens (primary N) is 1. The highest BCUT2D eigenvalue weighted by atomic mass is 79.9. The third-order valence-corrected chi connectivity index (χ3v) is 4.26. The predicted molar refractivity (Wildman–Crippen MR) is 77.4 cm³/mol. The van der Waals surface area contributed by atoms with E-state index in [-0.39, 0.29) is 0 Å². The first kappa shape index (κ1) is 12.6. The van der Waals surface area contributed by atoms with Gasteiger partial charge in [-0.2, -0.15) is 0 Å². The predicted octanol–water partition coefficient (Wildman–Crippen LogP) is 3.05. The van der Waals surface area contributed by atoms with Gasteiger partial charge < -0.3 is 5.73 Å².